The Morgan fingerprint density at radius 2 is 1.02 bits per heavy atom. The summed E-state index contributed by atoms with van der Waals surface area (Å²) in [6, 6.07) is 1.26. The summed E-state index contributed by atoms with van der Waals surface area (Å²) in [7, 11) is 0. The number of rotatable bonds is 36. The highest BCUT2D eigenvalue weighted by Gasteiger charge is 2.49. The summed E-state index contributed by atoms with van der Waals surface area (Å²) in [6.07, 6.45) is 38.6. The van der Waals surface area contributed by atoms with Gasteiger partial charge in [-0.05, 0) is 19.8 Å². The maximum atomic E-state index is 13.0. The lowest BCUT2D eigenvalue weighted by atomic mass is 9.99. The molecule has 9 nitrogen and oxygen atoms in total. The van der Waals surface area contributed by atoms with Crippen molar-refractivity contribution in [3.63, 3.8) is 0 Å². The highest BCUT2D eigenvalue weighted by molar-refractivity contribution is 5.70. The molecule has 318 valence electrons. The molecule has 0 bridgehead atoms. The summed E-state index contributed by atoms with van der Waals surface area (Å²) in [5.74, 6) is -0.611. The first-order valence-electron chi connectivity index (χ1n) is 23.1. The molecular formula is C46H82N2O7. The molecule has 1 fully saturated rings. The molecule has 0 aromatic carbocycles. The van der Waals surface area contributed by atoms with Gasteiger partial charge < -0.3 is 14.2 Å². The lowest BCUT2D eigenvalue weighted by Gasteiger charge is -2.29. The van der Waals surface area contributed by atoms with Crippen LogP contribution in [0.5, 0.6) is 0 Å². The molecule has 0 radical (unpaired) electrons. The van der Waals surface area contributed by atoms with Crippen LogP contribution in [0.4, 0.5) is 0 Å². The standard InChI is InChI=1S/C46H82N2O7/c1-4-6-8-10-12-14-16-18-20-22-24-26-28-30-32-34-43(50)53-39-46(3)40(38-42(55-46)48-37-36-41(49)47-45(48)52)54-44(51)35-33-31-29-27-25-23-21-19-17-15-13-11-9-7-5-2/h36-37,40,42H,4-35,38-39H2,1-3H3,(H,47,49,52)/t40-,42+,46+/m0/s1. The molecule has 2 heterocycles. The molecule has 55 heavy (non-hydrogen) atoms. The SMILES string of the molecule is CCCCCCCCCCCCCCCCCC(=O)OC[C@@]1(C)O[C@@H](n2ccc(=O)[nH]c2=O)C[C@@H]1OC(=O)CCCCCCCCCCCCCCCCC. The van der Waals surface area contributed by atoms with Crippen molar-refractivity contribution in [2.24, 2.45) is 0 Å². The number of nitrogens with one attached hydrogen (secondary N) is 1. The predicted octanol–water partition coefficient (Wildman–Crippen LogP) is 12.2. The van der Waals surface area contributed by atoms with E-state index in [0.29, 0.717) is 12.8 Å². The number of hydrogen-bond donors (Lipinski definition) is 1. The molecule has 0 saturated carbocycles. The molecule has 0 amide bonds. The van der Waals surface area contributed by atoms with Crippen LogP contribution in [0.3, 0.4) is 0 Å². The van der Waals surface area contributed by atoms with Crippen LogP contribution < -0.4 is 11.2 Å². The maximum absolute atomic E-state index is 13.0. The summed E-state index contributed by atoms with van der Waals surface area (Å²) in [5, 5.41) is 0. The van der Waals surface area contributed by atoms with Crippen molar-refractivity contribution >= 4 is 11.9 Å². The average Bonchev–Trinajstić information content (AvgIpc) is 3.48. The van der Waals surface area contributed by atoms with Gasteiger partial charge in [0.2, 0.25) is 0 Å². The second-order valence-corrected chi connectivity index (χ2v) is 16.7. The minimum Gasteiger partial charge on any atom is -0.462 e. The highest BCUT2D eigenvalue weighted by Crippen LogP contribution is 2.38. The van der Waals surface area contributed by atoms with E-state index in [4.69, 9.17) is 14.2 Å². The zero-order chi connectivity index (χ0) is 39.8. The first-order valence-corrected chi connectivity index (χ1v) is 23.1. The number of esters is 2. The van der Waals surface area contributed by atoms with Gasteiger partial charge in [0.25, 0.3) is 5.56 Å². The number of nitrogens with zero attached hydrogens (tertiary/aromatic N) is 1. The molecule has 1 saturated heterocycles. The Labute approximate surface area is 334 Å². The number of aromatic nitrogens is 2. The Hall–Kier alpha value is -2.42. The molecule has 1 aromatic rings. The first kappa shape index (κ1) is 48.7. The van der Waals surface area contributed by atoms with E-state index in [1.807, 2.05) is 0 Å². The lowest BCUT2D eigenvalue weighted by molar-refractivity contribution is -0.174. The predicted molar refractivity (Wildman–Crippen MR) is 224 cm³/mol. The van der Waals surface area contributed by atoms with Gasteiger partial charge >= 0.3 is 17.6 Å². The summed E-state index contributed by atoms with van der Waals surface area (Å²) in [6.45, 7) is 6.20. The van der Waals surface area contributed by atoms with E-state index < -0.39 is 29.2 Å². The van der Waals surface area contributed by atoms with Crippen LogP contribution in [-0.4, -0.2) is 39.8 Å². The van der Waals surface area contributed by atoms with Gasteiger partial charge in [0.05, 0.1) is 0 Å². The number of hydrogen-bond acceptors (Lipinski definition) is 7. The summed E-state index contributed by atoms with van der Waals surface area (Å²) >= 11 is 0. The molecular weight excluding hydrogens is 693 g/mol. The second-order valence-electron chi connectivity index (χ2n) is 16.7. The maximum Gasteiger partial charge on any atom is 0.330 e. The first-order chi connectivity index (χ1) is 26.8. The van der Waals surface area contributed by atoms with Crippen molar-refractivity contribution in [1.29, 1.82) is 0 Å². The third-order valence-electron chi connectivity index (χ3n) is 11.4. The number of carbonyl (C=O) groups excluding carboxylic acids is 2. The van der Waals surface area contributed by atoms with Crippen LogP contribution in [0.1, 0.15) is 239 Å². The topological polar surface area (TPSA) is 117 Å². The van der Waals surface area contributed by atoms with Crippen molar-refractivity contribution in [1.82, 2.24) is 9.55 Å². The third-order valence-corrected chi connectivity index (χ3v) is 11.4. The fraction of sp³-hybridized carbons (Fsp3) is 0.870. The molecule has 0 unspecified atom stereocenters. The fourth-order valence-corrected chi connectivity index (χ4v) is 7.79. The van der Waals surface area contributed by atoms with Crippen LogP contribution in [-0.2, 0) is 23.8 Å². The number of unbranched alkanes of at least 4 members (excludes halogenated alkanes) is 28. The summed E-state index contributed by atoms with van der Waals surface area (Å²) in [4.78, 5) is 52.2. The van der Waals surface area contributed by atoms with Gasteiger partial charge in [-0.3, -0.25) is 23.9 Å². The Morgan fingerprint density at radius 1 is 0.636 bits per heavy atom. The summed E-state index contributed by atoms with van der Waals surface area (Å²) < 4.78 is 19.2. The van der Waals surface area contributed by atoms with Crippen LogP contribution in [0, 0.1) is 0 Å². The van der Waals surface area contributed by atoms with Crippen LogP contribution in [0.15, 0.2) is 21.9 Å². The van der Waals surface area contributed by atoms with E-state index in [1.54, 1.807) is 6.92 Å². The van der Waals surface area contributed by atoms with E-state index in [2.05, 4.69) is 18.8 Å². The molecule has 0 spiro atoms. The minimum absolute atomic E-state index is 0.0872. The molecule has 1 aliphatic rings. The van der Waals surface area contributed by atoms with E-state index in [0.717, 1.165) is 38.5 Å². The van der Waals surface area contributed by atoms with E-state index >= 15 is 0 Å². The van der Waals surface area contributed by atoms with Crippen molar-refractivity contribution in [2.75, 3.05) is 6.61 Å². The number of H-pyrrole nitrogens is 1. The monoisotopic (exact) mass is 775 g/mol. The van der Waals surface area contributed by atoms with Crippen molar-refractivity contribution in [2.45, 2.75) is 251 Å². The van der Waals surface area contributed by atoms with Gasteiger partial charge in [0.15, 0.2) is 0 Å². The molecule has 9 heteroatoms. The Kier molecular flexibility index (Phi) is 28.0. The van der Waals surface area contributed by atoms with Gasteiger partial charge in [-0.1, -0.05) is 194 Å². The van der Waals surface area contributed by atoms with E-state index in [1.165, 1.54) is 171 Å². The molecule has 1 aromatic heterocycles. The normalized spacial score (nSPS) is 18.2. The van der Waals surface area contributed by atoms with Crippen LogP contribution >= 0.6 is 0 Å². The number of aromatic amines is 1. The molecule has 1 N–H and O–H groups in total. The van der Waals surface area contributed by atoms with Crippen molar-refractivity contribution in [3.05, 3.63) is 33.1 Å². The minimum atomic E-state index is -1.13. The fourth-order valence-electron chi connectivity index (χ4n) is 7.79. The Morgan fingerprint density at radius 3 is 1.42 bits per heavy atom. The number of carbonyl (C=O) groups is 2. The third kappa shape index (κ3) is 23.4. The summed E-state index contributed by atoms with van der Waals surface area (Å²) in [5.41, 5.74) is -2.23. The zero-order valence-electron chi connectivity index (χ0n) is 35.7. The second kappa shape index (κ2) is 31.6. The molecule has 2 rings (SSSR count). The molecule has 0 aliphatic carbocycles. The average molecular weight is 775 g/mol. The van der Waals surface area contributed by atoms with E-state index in [9.17, 15) is 19.2 Å². The van der Waals surface area contributed by atoms with Gasteiger partial charge in [-0.2, -0.15) is 0 Å². The smallest absolute Gasteiger partial charge is 0.330 e. The lowest BCUT2D eigenvalue weighted by Crippen LogP contribution is -2.44. The Balaban J connectivity index is 1.64. The molecule has 3 atom stereocenters. The van der Waals surface area contributed by atoms with Gasteiger partial charge in [0, 0.05) is 31.5 Å². The Bertz CT molecular complexity index is 1230. The quantitative estimate of drug-likeness (QED) is 0.0533. The zero-order valence-corrected chi connectivity index (χ0v) is 35.7. The van der Waals surface area contributed by atoms with E-state index in [-0.39, 0.29) is 25.0 Å². The van der Waals surface area contributed by atoms with Crippen LogP contribution in [0.25, 0.3) is 0 Å². The number of ether oxygens (including phenoxy) is 3. The van der Waals surface area contributed by atoms with Gasteiger partial charge in [-0.15, -0.1) is 0 Å². The van der Waals surface area contributed by atoms with Gasteiger partial charge in [0.1, 0.15) is 24.5 Å². The van der Waals surface area contributed by atoms with Crippen LogP contribution in [0.2, 0.25) is 0 Å². The van der Waals surface area contributed by atoms with Gasteiger partial charge in [-0.25, -0.2) is 4.79 Å². The van der Waals surface area contributed by atoms with Crippen molar-refractivity contribution in [3.8, 4) is 0 Å². The largest absolute Gasteiger partial charge is 0.462 e. The van der Waals surface area contributed by atoms with Crippen molar-refractivity contribution < 1.29 is 23.8 Å². The highest BCUT2D eigenvalue weighted by atomic mass is 16.6. The molecule has 1 aliphatic heterocycles.